The van der Waals surface area contributed by atoms with E-state index in [1.54, 1.807) is 30.3 Å². The Morgan fingerprint density at radius 1 is 1.09 bits per heavy atom. The average molecular weight is 595 g/mol. The number of carbonyl (C=O) groups excluding carboxylic acids is 1. The molecule has 0 saturated heterocycles. The summed E-state index contributed by atoms with van der Waals surface area (Å²) < 4.78 is 7.32. The van der Waals surface area contributed by atoms with Crippen LogP contribution in [0.5, 0.6) is 5.75 Å². The van der Waals surface area contributed by atoms with Crippen LogP contribution in [0.15, 0.2) is 69.1 Å². The van der Waals surface area contributed by atoms with Gasteiger partial charge in [0.15, 0.2) is 0 Å². The van der Waals surface area contributed by atoms with Crippen molar-refractivity contribution in [2.24, 2.45) is 0 Å². The monoisotopic (exact) mass is 592 g/mol. The Hall–Kier alpha value is -2.30. The number of carbonyl (C=O) groups is 1. The maximum Gasteiger partial charge on any atom is 0.266 e. The number of halogens is 4. The maximum atomic E-state index is 12.6. The van der Waals surface area contributed by atoms with Gasteiger partial charge in [-0.3, -0.25) is 4.79 Å². The van der Waals surface area contributed by atoms with Crippen LogP contribution in [0.2, 0.25) is 10.0 Å². The average Bonchev–Trinajstić information content (AvgIpc) is 2.74. The molecule has 0 aliphatic heterocycles. The normalized spacial score (nSPS) is 11.1. The van der Waals surface area contributed by atoms with Crippen LogP contribution in [0.3, 0.4) is 0 Å². The van der Waals surface area contributed by atoms with Crippen LogP contribution in [-0.2, 0) is 11.4 Å². The van der Waals surface area contributed by atoms with E-state index in [1.807, 2.05) is 31.2 Å². The zero-order chi connectivity index (χ0) is 23.3. The van der Waals surface area contributed by atoms with E-state index in [1.165, 1.54) is 6.08 Å². The predicted octanol–water partition coefficient (Wildman–Crippen LogP) is 7.95. The molecular formula is C24H16Br2Cl2N2O2. The minimum absolute atomic E-state index is 0.104. The molecule has 4 nitrogen and oxygen atoms in total. The Kier molecular flexibility index (Phi) is 8.38. The number of para-hydroxylation sites is 1. The summed E-state index contributed by atoms with van der Waals surface area (Å²) in [4.78, 5) is 12.6. The van der Waals surface area contributed by atoms with E-state index in [4.69, 9.17) is 27.9 Å². The summed E-state index contributed by atoms with van der Waals surface area (Å²) in [5, 5.41) is 12.7. The number of amides is 1. The molecule has 0 aromatic heterocycles. The zero-order valence-electron chi connectivity index (χ0n) is 16.8. The summed E-state index contributed by atoms with van der Waals surface area (Å²) in [6.45, 7) is 2.43. The summed E-state index contributed by atoms with van der Waals surface area (Å²) in [6.07, 6.45) is 1.47. The molecule has 3 aromatic carbocycles. The van der Waals surface area contributed by atoms with Gasteiger partial charge in [0.2, 0.25) is 0 Å². The Labute approximate surface area is 213 Å². The Morgan fingerprint density at radius 2 is 1.72 bits per heavy atom. The smallest absolute Gasteiger partial charge is 0.266 e. The lowest BCUT2D eigenvalue weighted by Crippen LogP contribution is -2.14. The van der Waals surface area contributed by atoms with Crippen LogP contribution in [0.1, 0.15) is 16.7 Å². The minimum Gasteiger partial charge on any atom is -0.487 e. The molecule has 0 radical (unpaired) electrons. The van der Waals surface area contributed by atoms with Crippen molar-refractivity contribution in [3.05, 3.63) is 95.9 Å². The molecule has 1 N–H and O–H groups in total. The van der Waals surface area contributed by atoms with Crippen LogP contribution in [0.4, 0.5) is 5.69 Å². The lowest BCUT2D eigenvalue weighted by molar-refractivity contribution is -0.112. The summed E-state index contributed by atoms with van der Waals surface area (Å²) in [6, 6.07) is 18.4. The highest BCUT2D eigenvalue weighted by atomic mass is 79.9. The van der Waals surface area contributed by atoms with E-state index in [0.717, 1.165) is 11.1 Å². The molecule has 0 unspecified atom stereocenters. The van der Waals surface area contributed by atoms with Crippen LogP contribution in [0.25, 0.3) is 6.08 Å². The van der Waals surface area contributed by atoms with Gasteiger partial charge in [-0.2, -0.15) is 5.26 Å². The quantitative estimate of drug-likeness (QED) is 0.233. The Morgan fingerprint density at radius 3 is 2.31 bits per heavy atom. The van der Waals surface area contributed by atoms with Crippen molar-refractivity contribution in [1.29, 1.82) is 5.26 Å². The molecule has 0 aliphatic carbocycles. The van der Waals surface area contributed by atoms with Crippen LogP contribution >= 0.6 is 55.1 Å². The van der Waals surface area contributed by atoms with Crippen molar-refractivity contribution in [1.82, 2.24) is 0 Å². The van der Waals surface area contributed by atoms with Gasteiger partial charge in [-0.25, -0.2) is 0 Å². The molecule has 8 heteroatoms. The van der Waals surface area contributed by atoms with Gasteiger partial charge in [0, 0.05) is 0 Å². The Bertz CT molecular complexity index is 1210. The standard InChI is InChI=1S/C24H16Br2Cl2N2O2/c1-14-4-2-5-15(8-14)13-32-23-18(25)10-16(11-19(23)26)9-17(12-29)24(31)30-22-20(27)6-3-7-21(22)28/h2-11H,13H2,1H3,(H,30,31)/b17-9+. The number of rotatable bonds is 6. The first-order chi connectivity index (χ1) is 15.3. The number of ether oxygens (including phenoxy) is 1. The van der Waals surface area contributed by atoms with Gasteiger partial charge in [0.05, 0.1) is 24.7 Å². The molecule has 0 atom stereocenters. The number of benzene rings is 3. The Balaban J connectivity index is 1.80. The number of nitrogens with zero attached hydrogens (tertiary/aromatic N) is 1. The summed E-state index contributed by atoms with van der Waals surface area (Å²) in [5.74, 6) is 0.00369. The third kappa shape index (κ3) is 6.14. The van der Waals surface area contributed by atoms with Crippen molar-refractivity contribution >= 4 is 72.7 Å². The highest BCUT2D eigenvalue weighted by molar-refractivity contribution is 9.11. The van der Waals surface area contributed by atoms with Crippen molar-refractivity contribution in [3.8, 4) is 11.8 Å². The number of nitrogens with one attached hydrogen (secondary N) is 1. The number of anilines is 1. The van der Waals surface area contributed by atoms with Crippen LogP contribution in [0, 0.1) is 18.3 Å². The van der Waals surface area contributed by atoms with Crippen molar-refractivity contribution < 1.29 is 9.53 Å². The molecule has 3 aromatic rings. The first-order valence-electron chi connectivity index (χ1n) is 9.33. The van der Waals surface area contributed by atoms with Gasteiger partial charge >= 0.3 is 0 Å². The second-order valence-electron chi connectivity index (χ2n) is 6.81. The van der Waals surface area contributed by atoms with Gasteiger partial charge in [-0.05, 0) is 80.3 Å². The minimum atomic E-state index is -0.616. The summed E-state index contributed by atoms with van der Waals surface area (Å²) >= 11 is 19.2. The molecule has 32 heavy (non-hydrogen) atoms. The molecule has 0 spiro atoms. The maximum absolute atomic E-state index is 12.6. The number of hydrogen-bond donors (Lipinski definition) is 1. The summed E-state index contributed by atoms with van der Waals surface area (Å²) in [7, 11) is 0. The third-order valence-electron chi connectivity index (χ3n) is 4.36. The fourth-order valence-electron chi connectivity index (χ4n) is 2.87. The lowest BCUT2D eigenvalue weighted by atomic mass is 10.1. The van der Waals surface area contributed by atoms with Crippen molar-refractivity contribution in [3.63, 3.8) is 0 Å². The number of hydrogen-bond acceptors (Lipinski definition) is 3. The lowest BCUT2D eigenvalue weighted by Gasteiger charge is -2.12. The zero-order valence-corrected chi connectivity index (χ0v) is 21.4. The third-order valence-corrected chi connectivity index (χ3v) is 6.17. The number of aryl methyl sites for hydroxylation is 1. The highest BCUT2D eigenvalue weighted by Gasteiger charge is 2.15. The second kappa shape index (κ2) is 11.0. The van der Waals surface area contributed by atoms with Crippen molar-refractivity contribution in [2.45, 2.75) is 13.5 Å². The van der Waals surface area contributed by atoms with E-state index < -0.39 is 5.91 Å². The van der Waals surface area contributed by atoms with Gasteiger partial charge in [0.1, 0.15) is 24.0 Å². The van der Waals surface area contributed by atoms with E-state index in [2.05, 4.69) is 43.2 Å². The van der Waals surface area contributed by atoms with Gasteiger partial charge in [0.25, 0.3) is 5.91 Å². The van der Waals surface area contributed by atoms with Gasteiger partial charge in [-0.15, -0.1) is 0 Å². The van der Waals surface area contributed by atoms with E-state index in [0.29, 0.717) is 26.9 Å². The van der Waals surface area contributed by atoms with E-state index in [-0.39, 0.29) is 21.3 Å². The predicted molar refractivity (Wildman–Crippen MR) is 136 cm³/mol. The first kappa shape index (κ1) is 24.3. The van der Waals surface area contributed by atoms with E-state index in [9.17, 15) is 10.1 Å². The molecule has 1 amide bonds. The van der Waals surface area contributed by atoms with Crippen LogP contribution in [-0.4, -0.2) is 5.91 Å². The SMILES string of the molecule is Cc1cccc(COc2c(Br)cc(/C=C(\C#N)C(=O)Nc3c(Cl)cccc3Cl)cc2Br)c1. The molecule has 0 saturated carbocycles. The largest absolute Gasteiger partial charge is 0.487 e. The molecule has 0 bridgehead atoms. The molecule has 162 valence electrons. The van der Waals surface area contributed by atoms with Gasteiger partial charge < -0.3 is 10.1 Å². The van der Waals surface area contributed by atoms with Crippen molar-refractivity contribution in [2.75, 3.05) is 5.32 Å². The number of nitriles is 1. The molecule has 0 aliphatic rings. The summed E-state index contributed by atoms with van der Waals surface area (Å²) in [5.41, 5.74) is 2.99. The fraction of sp³-hybridized carbons (Fsp3) is 0.0833. The fourth-order valence-corrected chi connectivity index (χ4v) is 4.81. The first-order valence-corrected chi connectivity index (χ1v) is 11.7. The highest BCUT2D eigenvalue weighted by Crippen LogP contribution is 2.36. The molecule has 0 heterocycles. The van der Waals surface area contributed by atoms with Gasteiger partial charge in [-0.1, -0.05) is 59.1 Å². The molecular weight excluding hydrogens is 579 g/mol. The second-order valence-corrected chi connectivity index (χ2v) is 9.34. The van der Waals surface area contributed by atoms with Crippen LogP contribution < -0.4 is 10.1 Å². The molecule has 0 fully saturated rings. The molecule has 3 rings (SSSR count). The van der Waals surface area contributed by atoms with E-state index >= 15 is 0 Å². The topological polar surface area (TPSA) is 62.1 Å².